The Balaban J connectivity index is 1.75. The molecule has 0 saturated carbocycles. The summed E-state index contributed by atoms with van der Waals surface area (Å²) in [7, 11) is 1.42. The van der Waals surface area contributed by atoms with Crippen molar-refractivity contribution in [3.8, 4) is 11.5 Å². The van der Waals surface area contributed by atoms with Crippen LogP contribution in [0.5, 0.6) is 0 Å². The zero-order valence-corrected chi connectivity index (χ0v) is 15.2. The monoisotopic (exact) mass is 365 g/mol. The first-order chi connectivity index (χ1) is 11.6. The molecule has 0 amide bonds. The van der Waals surface area contributed by atoms with Crippen molar-refractivity contribution in [2.24, 2.45) is 0 Å². The second kappa shape index (κ2) is 7.50. The average Bonchev–Trinajstić information content (AvgIpc) is 2.95. The maximum absolute atomic E-state index is 11.7. The quantitative estimate of drug-likeness (QED) is 0.610. The van der Waals surface area contributed by atoms with Gasteiger partial charge in [0.15, 0.2) is 0 Å². The van der Waals surface area contributed by atoms with Crippen LogP contribution in [-0.2, 0) is 16.2 Å². The van der Waals surface area contributed by atoms with Crippen LogP contribution < -0.4 is 0 Å². The molecule has 8 heteroatoms. The Hall–Kier alpha value is -1.64. The van der Waals surface area contributed by atoms with Crippen LogP contribution in [0.2, 0.25) is 0 Å². The number of rotatable bonds is 4. The summed E-state index contributed by atoms with van der Waals surface area (Å²) < 4.78 is 12.2. The lowest BCUT2D eigenvalue weighted by Crippen LogP contribution is -2.42. The summed E-state index contributed by atoms with van der Waals surface area (Å²) in [6.45, 7) is 4.00. The first kappa shape index (κ1) is 17.2. The fourth-order valence-corrected chi connectivity index (χ4v) is 3.99. The van der Waals surface area contributed by atoms with E-state index >= 15 is 0 Å². The standard InChI is InChI=1S/C16H19N3O3S2/c1-11-5-3-4-6-12(11)14-17-19(16(23)22-14)10-18-7-8-24-13(9-18)15(20)21-2/h3-6,13H,7-10H2,1-2H3/t13-/m1/s1. The van der Waals surface area contributed by atoms with Gasteiger partial charge >= 0.3 is 5.97 Å². The molecule has 1 saturated heterocycles. The Morgan fingerprint density at radius 1 is 1.50 bits per heavy atom. The zero-order valence-electron chi connectivity index (χ0n) is 13.6. The van der Waals surface area contributed by atoms with Crippen molar-refractivity contribution in [2.75, 3.05) is 26.0 Å². The van der Waals surface area contributed by atoms with Gasteiger partial charge in [-0.1, -0.05) is 18.2 Å². The smallest absolute Gasteiger partial charge is 0.320 e. The second-order valence-corrected chi connectivity index (χ2v) is 7.25. The van der Waals surface area contributed by atoms with Gasteiger partial charge < -0.3 is 9.15 Å². The Morgan fingerprint density at radius 2 is 2.29 bits per heavy atom. The van der Waals surface area contributed by atoms with E-state index in [9.17, 15) is 4.79 Å². The van der Waals surface area contributed by atoms with Crippen LogP contribution in [-0.4, -0.2) is 51.9 Å². The summed E-state index contributed by atoms with van der Waals surface area (Å²) in [5.74, 6) is 1.21. The topological polar surface area (TPSA) is 60.5 Å². The van der Waals surface area contributed by atoms with Crippen molar-refractivity contribution in [3.63, 3.8) is 0 Å². The van der Waals surface area contributed by atoms with Crippen molar-refractivity contribution in [2.45, 2.75) is 18.8 Å². The van der Waals surface area contributed by atoms with Crippen molar-refractivity contribution in [1.29, 1.82) is 0 Å². The third-order valence-corrected chi connectivity index (χ3v) is 5.39. The van der Waals surface area contributed by atoms with E-state index in [1.165, 1.54) is 7.11 Å². The van der Waals surface area contributed by atoms with E-state index in [0.29, 0.717) is 23.9 Å². The molecule has 3 rings (SSSR count). The molecule has 1 aliphatic heterocycles. The lowest BCUT2D eigenvalue weighted by atomic mass is 10.1. The summed E-state index contributed by atoms with van der Waals surface area (Å²) in [6.07, 6.45) is 0. The highest BCUT2D eigenvalue weighted by molar-refractivity contribution is 8.00. The van der Waals surface area contributed by atoms with Gasteiger partial charge in [0.05, 0.1) is 13.8 Å². The number of methoxy groups -OCH3 is 1. The third-order valence-electron chi connectivity index (χ3n) is 3.93. The summed E-state index contributed by atoms with van der Waals surface area (Å²) in [5.41, 5.74) is 2.02. The minimum Gasteiger partial charge on any atom is -0.468 e. The number of carbonyl (C=O) groups excluding carboxylic acids is 1. The summed E-state index contributed by atoms with van der Waals surface area (Å²) in [5, 5.41) is 4.34. The number of nitrogens with zero attached hydrogens (tertiary/aromatic N) is 3. The van der Waals surface area contributed by atoms with E-state index in [0.717, 1.165) is 23.4 Å². The van der Waals surface area contributed by atoms with Gasteiger partial charge in [0.25, 0.3) is 4.84 Å². The van der Waals surface area contributed by atoms with E-state index in [-0.39, 0.29) is 11.2 Å². The molecule has 0 spiro atoms. The molecule has 1 aromatic carbocycles. The highest BCUT2D eigenvalue weighted by Gasteiger charge is 2.27. The van der Waals surface area contributed by atoms with Crippen molar-refractivity contribution < 1.29 is 13.9 Å². The lowest BCUT2D eigenvalue weighted by Gasteiger charge is -2.30. The molecule has 0 N–H and O–H groups in total. The van der Waals surface area contributed by atoms with E-state index in [4.69, 9.17) is 21.4 Å². The van der Waals surface area contributed by atoms with Crippen LogP contribution in [0.1, 0.15) is 5.56 Å². The van der Waals surface area contributed by atoms with Crippen LogP contribution >= 0.6 is 24.0 Å². The van der Waals surface area contributed by atoms with Gasteiger partial charge in [0.1, 0.15) is 5.25 Å². The van der Waals surface area contributed by atoms with Gasteiger partial charge in [0, 0.05) is 24.4 Å². The molecule has 2 heterocycles. The van der Waals surface area contributed by atoms with Crippen LogP contribution in [0.15, 0.2) is 28.7 Å². The van der Waals surface area contributed by atoms with Crippen molar-refractivity contribution in [3.05, 3.63) is 34.7 Å². The molecular formula is C16H19N3O3S2. The number of carbonyl (C=O) groups is 1. The summed E-state index contributed by atoms with van der Waals surface area (Å²) >= 11 is 6.92. The van der Waals surface area contributed by atoms with E-state index in [1.54, 1.807) is 16.4 Å². The van der Waals surface area contributed by atoms with Gasteiger partial charge in [-0.2, -0.15) is 0 Å². The molecule has 0 bridgehead atoms. The summed E-state index contributed by atoms with van der Waals surface area (Å²) in [6, 6.07) is 7.90. The molecule has 1 aliphatic rings. The largest absolute Gasteiger partial charge is 0.468 e. The number of thioether (sulfide) groups is 1. The Bertz CT molecular complexity index is 787. The number of benzene rings is 1. The van der Waals surface area contributed by atoms with Crippen LogP contribution in [0.3, 0.4) is 0 Å². The van der Waals surface area contributed by atoms with E-state index in [1.807, 2.05) is 31.2 Å². The normalized spacial score (nSPS) is 18.5. The number of hydrogen-bond donors (Lipinski definition) is 0. The molecule has 128 valence electrons. The minimum atomic E-state index is -0.186. The number of aromatic nitrogens is 2. The molecule has 1 fully saturated rings. The fraction of sp³-hybridized carbons (Fsp3) is 0.438. The number of aryl methyl sites for hydroxylation is 1. The highest BCUT2D eigenvalue weighted by atomic mass is 32.2. The molecule has 2 aromatic rings. The van der Waals surface area contributed by atoms with E-state index < -0.39 is 0 Å². The van der Waals surface area contributed by atoms with Crippen LogP contribution in [0.4, 0.5) is 0 Å². The molecule has 6 nitrogen and oxygen atoms in total. The Kier molecular flexibility index (Phi) is 5.37. The first-order valence-electron chi connectivity index (χ1n) is 7.64. The second-order valence-electron chi connectivity index (χ2n) is 5.59. The summed E-state index contributed by atoms with van der Waals surface area (Å²) in [4.78, 5) is 14.2. The van der Waals surface area contributed by atoms with Gasteiger partial charge in [-0.15, -0.1) is 16.9 Å². The van der Waals surface area contributed by atoms with Gasteiger partial charge in [-0.3, -0.25) is 9.69 Å². The zero-order chi connectivity index (χ0) is 17.1. The van der Waals surface area contributed by atoms with Crippen molar-refractivity contribution in [1.82, 2.24) is 14.7 Å². The number of hydrogen-bond acceptors (Lipinski definition) is 7. The predicted octanol–water partition coefficient (Wildman–Crippen LogP) is 2.73. The number of esters is 1. The SMILES string of the molecule is COC(=O)[C@H]1CN(Cn2nc(-c3ccccc3C)oc2=S)CCS1. The van der Waals surface area contributed by atoms with Crippen LogP contribution in [0.25, 0.3) is 11.5 Å². The molecule has 0 aliphatic carbocycles. The maximum atomic E-state index is 11.7. The Morgan fingerprint density at radius 3 is 3.04 bits per heavy atom. The molecule has 1 atom stereocenters. The van der Waals surface area contributed by atoms with Gasteiger partial charge in [-0.05, 0) is 30.8 Å². The molecular weight excluding hydrogens is 346 g/mol. The molecule has 24 heavy (non-hydrogen) atoms. The third kappa shape index (κ3) is 3.71. The highest BCUT2D eigenvalue weighted by Crippen LogP contribution is 2.23. The Labute approximate surface area is 149 Å². The lowest BCUT2D eigenvalue weighted by molar-refractivity contribution is -0.140. The molecule has 1 aromatic heterocycles. The minimum absolute atomic E-state index is 0.166. The predicted molar refractivity (Wildman–Crippen MR) is 95.3 cm³/mol. The van der Waals surface area contributed by atoms with Gasteiger partial charge in [0.2, 0.25) is 5.89 Å². The van der Waals surface area contributed by atoms with E-state index in [2.05, 4.69) is 10.00 Å². The number of ether oxygens (including phenoxy) is 1. The maximum Gasteiger partial charge on any atom is 0.320 e. The van der Waals surface area contributed by atoms with Gasteiger partial charge in [-0.25, -0.2) is 4.68 Å². The molecule has 0 unspecified atom stereocenters. The molecule has 0 radical (unpaired) electrons. The average molecular weight is 365 g/mol. The fourth-order valence-electron chi connectivity index (χ4n) is 2.61. The van der Waals surface area contributed by atoms with Crippen molar-refractivity contribution >= 4 is 29.9 Å². The van der Waals surface area contributed by atoms with Crippen LogP contribution in [0, 0.1) is 11.8 Å². The first-order valence-corrected chi connectivity index (χ1v) is 9.10.